The molecule has 1 aromatic carbocycles. The van der Waals surface area contributed by atoms with Gasteiger partial charge in [0.2, 0.25) is 0 Å². The summed E-state index contributed by atoms with van der Waals surface area (Å²) in [6.07, 6.45) is 14.1. The molecule has 0 bridgehead atoms. The lowest BCUT2D eigenvalue weighted by atomic mass is 9.86. The van der Waals surface area contributed by atoms with Gasteiger partial charge < -0.3 is 42.6 Å². The van der Waals surface area contributed by atoms with E-state index in [1.807, 2.05) is 0 Å². The third-order valence-electron chi connectivity index (χ3n) is 13.9. The molecule has 0 aromatic heterocycles. The fourth-order valence-corrected chi connectivity index (χ4v) is 12.3. The van der Waals surface area contributed by atoms with Gasteiger partial charge in [0.25, 0.3) is 5.70 Å². The van der Waals surface area contributed by atoms with E-state index in [2.05, 4.69) is 18.0 Å². The zero-order valence-corrected chi connectivity index (χ0v) is 44.3. The van der Waals surface area contributed by atoms with E-state index in [1.165, 1.54) is 0 Å². The lowest BCUT2D eigenvalue weighted by Crippen LogP contribution is -2.33. The summed E-state index contributed by atoms with van der Waals surface area (Å²) in [7, 11) is 0. The van der Waals surface area contributed by atoms with Crippen molar-refractivity contribution in [3.8, 4) is 11.5 Å². The summed E-state index contributed by atoms with van der Waals surface area (Å²) in [5.41, 5.74) is -0.239. The van der Waals surface area contributed by atoms with Crippen LogP contribution in [0.4, 0.5) is 0 Å². The number of ether oxygens (including phenoxy) is 9. The van der Waals surface area contributed by atoms with Gasteiger partial charge in [-0.3, -0.25) is 28.8 Å². The predicted molar refractivity (Wildman–Crippen MR) is 272 cm³/mol. The van der Waals surface area contributed by atoms with Crippen LogP contribution in [-0.4, -0.2) is 92.1 Å². The number of hydrogen-bond acceptors (Lipinski definition) is 18. The molecule has 74 heavy (non-hydrogen) atoms. The van der Waals surface area contributed by atoms with Gasteiger partial charge in [-0.1, -0.05) is 36.7 Å². The highest BCUT2D eigenvalue weighted by Gasteiger charge is 2.38. The van der Waals surface area contributed by atoms with Crippen LogP contribution in [0.3, 0.4) is 0 Å². The van der Waals surface area contributed by atoms with Gasteiger partial charge in [0.1, 0.15) is 23.7 Å². The van der Waals surface area contributed by atoms with Crippen molar-refractivity contribution >= 4 is 65.3 Å². The largest absolute Gasteiger partial charge is 0.468 e. The van der Waals surface area contributed by atoms with E-state index in [9.17, 15) is 33.6 Å². The molecular formula is C55H71NO16S2. The van der Waals surface area contributed by atoms with Gasteiger partial charge >= 0.3 is 41.8 Å². The third kappa shape index (κ3) is 17.7. The molecule has 5 aliphatic rings. The van der Waals surface area contributed by atoms with E-state index in [4.69, 9.17) is 49.2 Å². The molecule has 1 aromatic rings. The van der Waals surface area contributed by atoms with Gasteiger partial charge in [-0.2, -0.15) is 0 Å². The molecule has 17 nitrogen and oxygen atoms in total. The van der Waals surface area contributed by atoms with Crippen LogP contribution in [-0.2, 0) is 66.7 Å². The summed E-state index contributed by atoms with van der Waals surface area (Å²) in [5, 5.41) is 0. The number of hydrogen-bond donors (Lipinski definition) is 0. The van der Waals surface area contributed by atoms with E-state index in [1.54, 1.807) is 26.0 Å². The molecule has 0 amide bonds. The number of thioether (sulfide) groups is 2. The molecule has 6 rings (SSSR count). The molecular weight excluding hydrogens is 995 g/mol. The maximum absolute atomic E-state index is 13.7. The smallest absolute Gasteiger partial charge is 0.338 e. The minimum atomic E-state index is -0.796. The molecule has 4 saturated carbocycles. The molecule has 4 aliphatic carbocycles. The Bertz CT molecular complexity index is 2220. The van der Waals surface area contributed by atoms with Crippen molar-refractivity contribution in [2.75, 3.05) is 19.8 Å². The predicted octanol–water partition coefficient (Wildman–Crippen LogP) is 10.5. The average Bonchev–Trinajstić information content (AvgIpc) is 3.84. The van der Waals surface area contributed by atoms with E-state index < -0.39 is 41.8 Å². The van der Waals surface area contributed by atoms with Gasteiger partial charge in [0.05, 0.1) is 75.5 Å². The van der Waals surface area contributed by atoms with Crippen molar-refractivity contribution in [3.63, 3.8) is 0 Å². The molecule has 1 heterocycles. The van der Waals surface area contributed by atoms with Crippen LogP contribution in [0.15, 0.2) is 57.4 Å². The number of carbonyl (C=O) groups excluding carboxylic acids is 7. The third-order valence-corrected chi connectivity index (χ3v) is 16.5. The number of benzene rings is 1. The Morgan fingerprint density at radius 3 is 1.45 bits per heavy atom. The quantitative estimate of drug-likeness (QED) is 0.0179. The van der Waals surface area contributed by atoms with Gasteiger partial charge in [-0.25, -0.2) is 9.64 Å². The molecule has 0 saturated heterocycles. The van der Waals surface area contributed by atoms with Crippen LogP contribution < -0.4 is 9.47 Å². The second-order valence-electron chi connectivity index (χ2n) is 19.7. The Morgan fingerprint density at radius 2 is 1.03 bits per heavy atom. The van der Waals surface area contributed by atoms with Crippen molar-refractivity contribution in [1.82, 2.24) is 0 Å². The second kappa shape index (κ2) is 29.8. The maximum Gasteiger partial charge on any atom is 0.338 e. The Kier molecular flexibility index (Phi) is 23.4. The van der Waals surface area contributed by atoms with Crippen LogP contribution >= 0.6 is 23.5 Å². The standard InChI is InChI=1S/C55H71NO16S2/c1-6-45(57)67-33-11-10-32-66-40-23-15-36(16-24-40)51(60)70-42-27-19-38(20-28-42)53(62)72-44-30-29-43(48-49(44)74-55(73-48)47(56-5)54(63)68-34(3)4)71-52(61)37-17-25-41(26-18-37)69-50(59)35-13-21-39(22-14-35)65-31-9-8-12-46(58)64-7-2/h6-7,29-30,34-42H,1-2,8-28,31-33H2,3-4H3. The number of nitrogens with zero attached hydrogens (tertiary/aromatic N) is 1. The molecule has 404 valence electrons. The molecule has 4 fully saturated rings. The Hall–Kier alpha value is -5.16. The summed E-state index contributed by atoms with van der Waals surface area (Å²) >= 11 is 2.15. The van der Waals surface area contributed by atoms with Crippen molar-refractivity contribution in [3.05, 3.63) is 59.0 Å². The monoisotopic (exact) mass is 1070 g/mol. The molecule has 0 spiro atoms. The highest BCUT2D eigenvalue weighted by molar-refractivity contribution is 8.24. The highest BCUT2D eigenvalue weighted by Crippen LogP contribution is 2.59. The minimum Gasteiger partial charge on any atom is -0.468 e. The molecule has 1 aliphatic heterocycles. The lowest BCUT2D eigenvalue weighted by Gasteiger charge is -2.31. The topological polar surface area (TPSA) is 207 Å². The van der Waals surface area contributed by atoms with E-state index in [-0.39, 0.29) is 71.4 Å². The first-order valence-electron chi connectivity index (χ1n) is 26.3. The van der Waals surface area contributed by atoms with Gasteiger partial charge in [0.15, 0.2) is 0 Å². The number of esters is 7. The SMILES string of the molecule is [C-]#[N+]C(C(=O)OC(C)C)=C1Sc2c(OC(=O)C3CCC(OC(=O)C4CCC(OCCCCOC(=O)C=C)CC4)CC3)ccc(OC(=O)C3CCC(OC(=O)C4CCC(OCCCCC(=O)OC=C)CC4)CC3)c2S1. The zero-order chi connectivity index (χ0) is 53.0. The van der Waals surface area contributed by atoms with E-state index in [0.717, 1.165) is 74.4 Å². The summed E-state index contributed by atoms with van der Waals surface area (Å²) in [6, 6.07) is 3.11. The van der Waals surface area contributed by atoms with Crippen molar-refractivity contribution < 1.29 is 76.2 Å². The summed E-state index contributed by atoms with van der Waals surface area (Å²) in [5.74, 6) is -3.82. The maximum atomic E-state index is 13.7. The second-order valence-corrected chi connectivity index (χ2v) is 22.0. The summed E-state index contributed by atoms with van der Waals surface area (Å²) < 4.78 is 51.3. The van der Waals surface area contributed by atoms with Crippen molar-refractivity contribution in [2.45, 2.75) is 189 Å². The lowest BCUT2D eigenvalue weighted by molar-refractivity contribution is -0.160. The van der Waals surface area contributed by atoms with Gasteiger partial charge in [-0.05, 0) is 154 Å². The van der Waals surface area contributed by atoms with Gasteiger partial charge in [-0.15, -0.1) is 0 Å². The zero-order valence-electron chi connectivity index (χ0n) is 42.7. The average molecular weight is 1070 g/mol. The first kappa shape index (κ1) is 58.1. The normalized spacial score (nSPS) is 25.2. The fourth-order valence-electron chi connectivity index (χ4n) is 9.75. The van der Waals surface area contributed by atoms with E-state index in [0.29, 0.717) is 130 Å². The Labute approximate surface area is 442 Å². The number of fused-ring (bicyclic) bond motifs is 1. The van der Waals surface area contributed by atoms with Crippen LogP contribution in [0.1, 0.15) is 149 Å². The minimum absolute atomic E-state index is 0.0671. The number of rotatable bonds is 24. The highest BCUT2D eigenvalue weighted by atomic mass is 32.2. The van der Waals surface area contributed by atoms with Crippen LogP contribution in [0, 0.1) is 30.2 Å². The molecule has 0 atom stereocenters. The molecule has 19 heteroatoms. The summed E-state index contributed by atoms with van der Waals surface area (Å²) in [6.45, 7) is 19.4. The van der Waals surface area contributed by atoms with Crippen LogP contribution in [0.25, 0.3) is 4.85 Å². The van der Waals surface area contributed by atoms with Gasteiger partial charge in [0, 0.05) is 25.7 Å². The number of carbonyl (C=O) groups is 7. The van der Waals surface area contributed by atoms with Crippen molar-refractivity contribution in [2.24, 2.45) is 23.7 Å². The van der Waals surface area contributed by atoms with E-state index >= 15 is 0 Å². The number of unbranched alkanes of at least 4 members (excludes halogenated alkanes) is 2. The first-order chi connectivity index (χ1) is 35.7. The van der Waals surface area contributed by atoms with Crippen LogP contribution in [0.2, 0.25) is 0 Å². The molecule has 0 unspecified atom stereocenters. The van der Waals surface area contributed by atoms with Crippen LogP contribution in [0.5, 0.6) is 11.5 Å². The fraction of sp³-hybridized carbons (Fsp3) is 0.636. The van der Waals surface area contributed by atoms with Crippen molar-refractivity contribution in [1.29, 1.82) is 0 Å². The molecule has 0 N–H and O–H groups in total. The molecule has 0 radical (unpaired) electrons. The Balaban J connectivity index is 0.960. The summed E-state index contributed by atoms with van der Waals surface area (Å²) in [4.78, 5) is 93.8. The Morgan fingerprint density at radius 1 is 0.608 bits per heavy atom. The first-order valence-corrected chi connectivity index (χ1v) is 27.9.